The summed E-state index contributed by atoms with van der Waals surface area (Å²) in [6.45, 7) is 3.88. The molecule has 0 aliphatic rings. The monoisotopic (exact) mass is 363 g/mol. The Morgan fingerprint density at radius 2 is 1.85 bits per heavy atom. The lowest BCUT2D eigenvalue weighted by atomic mass is 10.0. The van der Waals surface area contributed by atoms with E-state index in [1.807, 2.05) is 68.4 Å². The first-order valence-electron chi connectivity index (χ1n) is 8.54. The fraction of sp³-hybridized carbons (Fsp3) is 0.190. The van der Waals surface area contributed by atoms with E-state index in [0.717, 1.165) is 22.6 Å². The van der Waals surface area contributed by atoms with Crippen molar-refractivity contribution in [2.75, 3.05) is 5.32 Å². The molecule has 2 N–H and O–H groups in total. The quantitative estimate of drug-likeness (QED) is 0.460. The van der Waals surface area contributed by atoms with E-state index in [2.05, 4.69) is 15.3 Å². The largest absolute Gasteiger partial charge is 0.350 e. The van der Waals surface area contributed by atoms with E-state index in [4.69, 9.17) is 12.2 Å². The number of aromatic nitrogens is 2. The van der Waals surface area contributed by atoms with Crippen molar-refractivity contribution in [2.45, 2.75) is 26.7 Å². The lowest BCUT2D eigenvalue weighted by Gasteiger charge is -2.11. The fourth-order valence-corrected chi connectivity index (χ4v) is 3.05. The Morgan fingerprint density at radius 1 is 1.08 bits per heavy atom. The maximum Gasteiger partial charge on any atom is 0.166 e. The van der Waals surface area contributed by atoms with Gasteiger partial charge in [-0.25, -0.2) is 4.98 Å². The van der Waals surface area contributed by atoms with Gasteiger partial charge in [-0.05, 0) is 56.2 Å². The summed E-state index contributed by atoms with van der Waals surface area (Å²) in [7, 11) is 0. The molecule has 132 valence electrons. The number of carbonyl (C=O) groups is 1. The van der Waals surface area contributed by atoms with Crippen molar-refractivity contribution in [3.63, 3.8) is 0 Å². The molecule has 0 saturated carbocycles. The van der Waals surface area contributed by atoms with Gasteiger partial charge in [0.25, 0.3) is 0 Å². The highest BCUT2D eigenvalue weighted by molar-refractivity contribution is 7.71. The predicted octanol–water partition coefficient (Wildman–Crippen LogP) is 5.32. The second-order valence-corrected chi connectivity index (χ2v) is 6.67. The highest BCUT2D eigenvalue weighted by Gasteiger charge is 2.14. The number of aromatic amines is 1. The Labute approximate surface area is 158 Å². The number of Topliss-reactive ketones (excluding diaryl/α,β-unsaturated/α-hetero) is 1. The number of carbonyl (C=O) groups excluding carboxylic acids is 1. The van der Waals surface area contributed by atoms with Gasteiger partial charge in [-0.15, -0.1) is 0 Å². The lowest BCUT2D eigenvalue weighted by Crippen LogP contribution is -2.08. The molecule has 2 aromatic heterocycles. The van der Waals surface area contributed by atoms with Crippen LogP contribution in [0.3, 0.4) is 0 Å². The van der Waals surface area contributed by atoms with Crippen LogP contribution in [0.2, 0.25) is 0 Å². The van der Waals surface area contributed by atoms with Crippen molar-refractivity contribution in [1.82, 2.24) is 9.97 Å². The van der Waals surface area contributed by atoms with E-state index < -0.39 is 0 Å². The van der Waals surface area contributed by atoms with Gasteiger partial charge < -0.3 is 10.3 Å². The second-order valence-electron chi connectivity index (χ2n) is 6.26. The van der Waals surface area contributed by atoms with Crippen LogP contribution in [0.5, 0.6) is 0 Å². The summed E-state index contributed by atoms with van der Waals surface area (Å²) in [5.74, 6) is 0.640. The first-order valence-corrected chi connectivity index (χ1v) is 8.95. The van der Waals surface area contributed by atoms with E-state index in [1.165, 1.54) is 0 Å². The zero-order valence-electron chi connectivity index (χ0n) is 14.9. The van der Waals surface area contributed by atoms with Gasteiger partial charge in [-0.3, -0.25) is 4.79 Å². The third kappa shape index (κ3) is 4.43. The van der Waals surface area contributed by atoms with E-state index in [9.17, 15) is 4.79 Å². The molecule has 0 bridgehead atoms. The molecule has 0 atom stereocenters. The molecule has 0 aliphatic carbocycles. The lowest BCUT2D eigenvalue weighted by molar-refractivity contribution is 0.0983. The Morgan fingerprint density at radius 3 is 2.58 bits per heavy atom. The minimum Gasteiger partial charge on any atom is -0.350 e. The molecule has 1 aromatic carbocycles. The number of nitrogens with one attached hydrogen (secondary N) is 2. The minimum atomic E-state index is 0.0471. The van der Waals surface area contributed by atoms with Crippen LogP contribution in [-0.2, 0) is 6.42 Å². The van der Waals surface area contributed by atoms with E-state index in [-0.39, 0.29) is 5.78 Å². The highest BCUT2D eigenvalue weighted by Crippen LogP contribution is 2.21. The maximum absolute atomic E-state index is 12.8. The number of anilines is 2. The number of pyridine rings is 2. The van der Waals surface area contributed by atoms with Gasteiger partial charge in [0.05, 0.1) is 5.56 Å². The number of aryl methyl sites for hydroxylation is 3. The normalized spacial score (nSPS) is 10.5. The van der Waals surface area contributed by atoms with Crippen molar-refractivity contribution in [1.29, 1.82) is 0 Å². The van der Waals surface area contributed by atoms with Crippen molar-refractivity contribution < 1.29 is 4.79 Å². The number of ketones is 1. The third-order valence-corrected chi connectivity index (χ3v) is 4.49. The smallest absolute Gasteiger partial charge is 0.166 e. The Bertz CT molecular complexity index is 980. The number of hydrogen-bond donors (Lipinski definition) is 2. The molecule has 0 amide bonds. The van der Waals surface area contributed by atoms with Crippen LogP contribution in [0.4, 0.5) is 11.5 Å². The van der Waals surface area contributed by atoms with E-state index >= 15 is 0 Å². The molecule has 0 aliphatic heterocycles. The molecule has 0 fully saturated rings. The molecule has 0 saturated heterocycles. The van der Waals surface area contributed by atoms with Gasteiger partial charge in [-0.2, -0.15) is 0 Å². The first kappa shape index (κ1) is 18.0. The second kappa shape index (κ2) is 8.06. The number of hydrogen-bond acceptors (Lipinski definition) is 4. The Balaban J connectivity index is 1.79. The Kier molecular flexibility index (Phi) is 5.58. The predicted molar refractivity (Wildman–Crippen MR) is 108 cm³/mol. The summed E-state index contributed by atoms with van der Waals surface area (Å²) in [5.41, 5.74) is 4.36. The van der Waals surface area contributed by atoms with Crippen LogP contribution < -0.4 is 5.32 Å². The molecule has 5 heteroatoms. The summed E-state index contributed by atoms with van der Waals surface area (Å²) in [5, 5.41) is 3.25. The SMILES string of the molecule is Cc1ccc(C(=O)CCc2ccc(C)[nH]c2=S)c(Nc2ccccc2)n1. The van der Waals surface area contributed by atoms with Crippen LogP contribution >= 0.6 is 12.2 Å². The zero-order chi connectivity index (χ0) is 18.5. The number of rotatable bonds is 6. The number of nitrogens with zero attached hydrogens (tertiary/aromatic N) is 1. The first-order chi connectivity index (χ1) is 12.5. The molecular weight excluding hydrogens is 342 g/mol. The van der Waals surface area contributed by atoms with E-state index in [1.54, 1.807) is 0 Å². The topological polar surface area (TPSA) is 57.8 Å². The van der Waals surface area contributed by atoms with Crippen LogP contribution in [0.15, 0.2) is 54.6 Å². The number of benzene rings is 1. The number of para-hydroxylation sites is 1. The molecule has 26 heavy (non-hydrogen) atoms. The molecule has 0 unspecified atom stereocenters. The Hall–Kier alpha value is -2.79. The maximum atomic E-state index is 12.8. The molecule has 3 rings (SSSR count). The average Bonchev–Trinajstić information content (AvgIpc) is 2.62. The van der Waals surface area contributed by atoms with Crippen LogP contribution in [0.25, 0.3) is 0 Å². The third-order valence-electron chi connectivity index (χ3n) is 4.13. The molecular formula is C21H21N3OS. The summed E-state index contributed by atoms with van der Waals surface area (Å²) in [6.07, 6.45) is 0.988. The summed E-state index contributed by atoms with van der Waals surface area (Å²) >= 11 is 5.35. The molecule has 0 spiro atoms. The average molecular weight is 363 g/mol. The minimum absolute atomic E-state index is 0.0471. The van der Waals surface area contributed by atoms with Gasteiger partial charge in [0, 0.05) is 23.5 Å². The van der Waals surface area contributed by atoms with Gasteiger partial charge in [0.15, 0.2) is 5.78 Å². The summed E-state index contributed by atoms with van der Waals surface area (Å²) in [6, 6.07) is 17.4. The zero-order valence-corrected chi connectivity index (χ0v) is 15.7. The van der Waals surface area contributed by atoms with Gasteiger partial charge in [-0.1, -0.05) is 36.5 Å². The van der Waals surface area contributed by atoms with Crippen LogP contribution in [-0.4, -0.2) is 15.8 Å². The molecule has 4 nitrogen and oxygen atoms in total. The van der Waals surface area contributed by atoms with Crippen molar-refractivity contribution >= 4 is 29.5 Å². The van der Waals surface area contributed by atoms with Gasteiger partial charge in [0.2, 0.25) is 0 Å². The molecule has 3 aromatic rings. The van der Waals surface area contributed by atoms with Crippen LogP contribution in [0.1, 0.15) is 33.7 Å². The van der Waals surface area contributed by atoms with Crippen molar-refractivity contribution in [3.8, 4) is 0 Å². The molecule has 2 heterocycles. The van der Waals surface area contributed by atoms with Crippen molar-refractivity contribution in [2.24, 2.45) is 0 Å². The summed E-state index contributed by atoms with van der Waals surface area (Å²) in [4.78, 5) is 20.4. The van der Waals surface area contributed by atoms with Gasteiger partial charge in [0.1, 0.15) is 10.5 Å². The fourth-order valence-electron chi connectivity index (χ4n) is 2.72. The van der Waals surface area contributed by atoms with E-state index in [0.29, 0.717) is 28.9 Å². The van der Waals surface area contributed by atoms with Crippen molar-refractivity contribution in [3.05, 3.63) is 81.8 Å². The van der Waals surface area contributed by atoms with Gasteiger partial charge >= 0.3 is 0 Å². The summed E-state index contributed by atoms with van der Waals surface area (Å²) < 4.78 is 0.697. The highest BCUT2D eigenvalue weighted by atomic mass is 32.1. The van der Waals surface area contributed by atoms with Crippen LogP contribution in [0, 0.1) is 18.5 Å². The number of H-pyrrole nitrogens is 1. The standard InChI is InChI=1S/C21H21N3OS/c1-14-9-12-18(20(22-14)24-17-6-4-3-5-7-17)19(25)13-11-16-10-8-15(2)23-21(16)26/h3-10,12H,11,13H2,1-2H3,(H,22,24)(H,23,26). The molecule has 0 radical (unpaired) electrons.